The average Bonchev–Trinajstić information content (AvgIpc) is 3.37. The number of carbonyl (C=O) groups is 1. The first-order valence-corrected chi connectivity index (χ1v) is 12.0. The van der Waals surface area contributed by atoms with Gasteiger partial charge in [0.15, 0.2) is 0 Å². The van der Waals surface area contributed by atoms with Crippen molar-refractivity contribution in [2.75, 3.05) is 31.1 Å². The molecule has 0 saturated carbocycles. The van der Waals surface area contributed by atoms with Gasteiger partial charge in [-0.2, -0.15) is 18.3 Å². The Balaban J connectivity index is 1.55. The van der Waals surface area contributed by atoms with Crippen molar-refractivity contribution >= 4 is 22.2 Å². The van der Waals surface area contributed by atoms with Crippen LogP contribution in [0.5, 0.6) is 6.01 Å². The summed E-state index contributed by atoms with van der Waals surface area (Å²) in [5.74, 6) is -0.0798. The Labute approximate surface area is 204 Å². The number of carbonyl (C=O) groups excluding carboxylic acids is 1. The molecule has 0 bridgehead atoms. The lowest BCUT2D eigenvalue weighted by atomic mass is 10.1. The standard InChI is InChI=1S/C22H26F3N7O2S/c1-5-34-21-26-9-16(10-27-21)18-19(35-20(28-18)22(23,24)25)30-6-7-31(15(4)11-30)17(33)12-32-14(3)8-13(2)29-32/h8-10,15H,5-7,11-12H2,1-4H3/t15-/m1/s1. The molecule has 0 aliphatic carbocycles. The van der Waals surface area contributed by atoms with Gasteiger partial charge in [0.05, 0.1) is 12.3 Å². The quantitative estimate of drug-likeness (QED) is 0.502. The number of rotatable bonds is 6. The van der Waals surface area contributed by atoms with E-state index < -0.39 is 11.2 Å². The van der Waals surface area contributed by atoms with Crippen LogP contribution in [-0.4, -0.2) is 67.8 Å². The first kappa shape index (κ1) is 24.9. The third kappa shape index (κ3) is 5.39. The lowest BCUT2D eigenvalue weighted by molar-refractivity contribution is -0.137. The molecule has 35 heavy (non-hydrogen) atoms. The summed E-state index contributed by atoms with van der Waals surface area (Å²) in [5, 5.41) is 3.79. The second-order valence-corrected chi connectivity index (χ2v) is 9.30. The second kappa shape index (κ2) is 9.80. The number of hydrogen-bond donors (Lipinski definition) is 0. The molecule has 9 nitrogen and oxygen atoms in total. The van der Waals surface area contributed by atoms with Crippen molar-refractivity contribution in [3.05, 3.63) is 34.9 Å². The maximum atomic E-state index is 13.5. The second-order valence-electron chi connectivity index (χ2n) is 8.32. The number of amides is 1. The Bertz CT molecular complexity index is 1190. The largest absolute Gasteiger partial charge is 0.464 e. The van der Waals surface area contributed by atoms with E-state index in [0.717, 1.165) is 11.4 Å². The highest BCUT2D eigenvalue weighted by Gasteiger charge is 2.38. The molecule has 188 valence electrons. The van der Waals surface area contributed by atoms with Crippen molar-refractivity contribution in [1.82, 2.24) is 29.6 Å². The van der Waals surface area contributed by atoms with Gasteiger partial charge in [-0.3, -0.25) is 9.48 Å². The van der Waals surface area contributed by atoms with Crippen LogP contribution in [0.2, 0.25) is 0 Å². The summed E-state index contributed by atoms with van der Waals surface area (Å²) in [6.07, 6.45) is -1.75. The molecule has 1 aliphatic heterocycles. The van der Waals surface area contributed by atoms with Crippen molar-refractivity contribution in [3.8, 4) is 17.3 Å². The average molecular weight is 510 g/mol. The van der Waals surface area contributed by atoms with E-state index in [-0.39, 0.29) is 30.2 Å². The van der Waals surface area contributed by atoms with Crippen LogP contribution >= 0.6 is 11.3 Å². The predicted octanol–water partition coefficient (Wildman–Crippen LogP) is 3.57. The Kier molecular flexibility index (Phi) is 6.97. The predicted molar refractivity (Wildman–Crippen MR) is 124 cm³/mol. The molecule has 3 aromatic heterocycles. The van der Waals surface area contributed by atoms with Crippen molar-refractivity contribution < 1.29 is 22.7 Å². The zero-order valence-corrected chi connectivity index (χ0v) is 20.7. The molecule has 1 saturated heterocycles. The molecule has 3 aromatic rings. The fourth-order valence-electron chi connectivity index (χ4n) is 4.04. The van der Waals surface area contributed by atoms with Gasteiger partial charge in [-0.15, -0.1) is 0 Å². The number of halogens is 3. The van der Waals surface area contributed by atoms with E-state index in [9.17, 15) is 18.0 Å². The Morgan fingerprint density at radius 2 is 1.94 bits per heavy atom. The van der Waals surface area contributed by atoms with Gasteiger partial charge in [0.1, 0.15) is 17.2 Å². The van der Waals surface area contributed by atoms with Crippen molar-refractivity contribution in [2.24, 2.45) is 0 Å². The maximum Gasteiger partial charge on any atom is 0.443 e. The molecule has 13 heteroatoms. The van der Waals surface area contributed by atoms with E-state index in [1.807, 2.05) is 31.7 Å². The van der Waals surface area contributed by atoms with Gasteiger partial charge in [0.2, 0.25) is 10.9 Å². The fourth-order valence-corrected chi connectivity index (χ4v) is 5.04. The van der Waals surface area contributed by atoms with Gasteiger partial charge < -0.3 is 14.5 Å². The van der Waals surface area contributed by atoms with Gasteiger partial charge in [-0.05, 0) is 33.8 Å². The first-order chi connectivity index (χ1) is 16.6. The monoisotopic (exact) mass is 509 g/mol. The van der Waals surface area contributed by atoms with Crippen molar-refractivity contribution in [3.63, 3.8) is 0 Å². The molecular formula is C22H26F3N7O2S. The molecular weight excluding hydrogens is 483 g/mol. The van der Waals surface area contributed by atoms with Crippen LogP contribution in [0.1, 0.15) is 30.2 Å². The number of aryl methyl sites for hydroxylation is 2. The van der Waals surface area contributed by atoms with Gasteiger partial charge in [-0.1, -0.05) is 11.3 Å². The SMILES string of the molecule is CCOc1ncc(-c2nc(C(F)(F)F)sc2N2CCN(C(=O)Cn3nc(C)cc3C)[C@H](C)C2)cn1. The Morgan fingerprint density at radius 1 is 1.23 bits per heavy atom. The van der Waals surface area contributed by atoms with Crippen LogP contribution in [0.15, 0.2) is 18.5 Å². The number of hydrogen-bond acceptors (Lipinski definition) is 8. The smallest absolute Gasteiger partial charge is 0.443 e. The molecule has 1 atom stereocenters. The molecule has 0 spiro atoms. The van der Waals surface area contributed by atoms with Gasteiger partial charge in [0, 0.05) is 49.3 Å². The van der Waals surface area contributed by atoms with Crippen LogP contribution in [-0.2, 0) is 17.5 Å². The maximum absolute atomic E-state index is 13.5. The summed E-state index contributed by atoms with van der Waals surface area (Å²) in [4.78, 5) is 28.6. The topological polar surface area (TPSA) is 89.3 Å². The summed E-state index contributed by atoms with van der Waals surface area (Å²) in [5.41, 5.74) is 2.27. The molecule has 4 heterocycles. The first-order valence-electron chi connectivity index (χ1n) is 11.2. The Morgan fingerprint density at radius 3 is 2.51 bits per heavy atom. The molecule has 0 radical (unpaired) electrons. The van der Waals surface area contributed by atoms with Crippen molar-refractivity contribution in [2.45, 2.75) is 46.5 Å². The van der Waals surface area contributed by atoms with E-state index in [4.69, 9.17) is 4.74 Å². The highest BCUT2D eigenvalue weighted by Crippen LogP contribution is 2.43. The third-order valence-electron chi connectivity index (χ3n) is 5.65. The molecule has 0 N–H and O–H groups in total. The molecule has 0 unspecified atom stereocenters. The van der Waals surface area contributed by atoms with Gasteiger partial charge in [0.25, 0.3) is 0 Å². The summed E-state index contributed by atoms with van der Waals surface area (Å²) < 4.78 is 47.5. The van der Waals surface area contributed by atoms with Gasteiger partial charge >= 0.3 is 12.2 Å². The molecule has 4 rings (SSSR count). The minimum Gasteiger partial charge on any atom is -0.464 e. The van der Waals surface area contributed by atoms with Crippen LogP contribution in [0, 0.1) is 13.8 Å². The summed E-state index contributed by atoms with van der Waals surface area (Å²) in [7, 11) is 0. The zero-order chi connectivity index (χ0) is 25.3. The lowest BCUT2D eigenvalue weighted by Crippen LogP contribution is -2.54. The highest BCUT2D eigenvalue weighted by molar-refractivity contribution is 7.16. The van der Waals surface area contributed by atoms with E-state index in [2.05, 4.69) is 20.1 Å². The van der Waals surface area contributed by atoms with E-state index in [1.54, 1.807) is 16.5 Å². The zero-order valence-electron chi connectivity index (χ0n) is 19.8. The number of piperazine rings is 1. The van der Waals surface area contributed by atoms with E-state index >= 15 is 0 Å². The number of thiazole rings is 1. The number of alkyl halides is 3. The minimum atomic E-state index is -4.58. The summed E-state index contributed by atoms with van der Waals surface area (Å²) in [6, 6.07) is 1.84. The third-order valence-corrected chi connectivity index (χ3v) is 6.81. The minimum absolute atomic E-state index is 0.0798. The number of ether oxygens (including phenoxy) is 1. The van der Waals surface area contributed by atoms with Crippen molar-refractivity contribution in [1.29, 1.82) is 0 Å². The normalized spacial score (nSPS) is 16.6. The molecule has 1 fully saturated rings. The summed E-state index contributed by atoms with van der Waals surface area (Å²) >= 11 is 0.587. The van der Waals surface area contributed by atoms with Crippen LogP contribution in [0.25, 0.3) is 11.3 Å². The fraction of sp³-hybridized carbons (Fsp3) is 0.500. The molecule has 1 aliphatic rings. The van der Waals surface area contributed by atoms with Crippen LogP contribution in [0.4, 0.5) is 18.2 Å². The number of nitrogens with zero attached hydrogens (tertiary/aromatic N) is 7. The summed E-state index contributed by atoms with van der Waals surface area (Å²) in [6.45, 7) is 9.04. The van der Waals surface area contributed by atoms with Crippen LogP contribution < -0.4 is 9.64 Å². The Hall–Kier alpha value is -3.22. The van der Waals surface area contributed by atoms with Gasteiger partial charge in [-0.25, -0.2) is 15.0 Å². The number of aromatic nitrogens is 5. The van der Waals surface area contributed by atoms with E-state index in [1.165, 1.54) is 12.4 Å². The molecule has 0 aromatic carbocycles. The van der Waals surface area contributed by atoms with Crippen LogP contribution in [0.3, 0.4) is 0 Å². The highest BCUT2D eigenvalue weighted by atomic mass is 32.1. The number of anilines is 1. The lowest BCUT2D eigenvalue weighted by Gasteiger charge is -2.40. The molecule has 1 amide bonds. The van der Waals surface area contributed by atoms with E-state index in [0.29, 0.717) is 48.1 Å².